The minimum Gasteiger partial charge on any atom is -0.504 e. The lowest BCUT2D eigenvalue weighted by molar-refractivity contribution is 0.0697. The summed E-state index contributed by atoms with van der Waals surface area (Å²) in [4.78, 5) is 14.6. The molecule has 2 aromatic rings. The predicted molar refractivity (Wildman–Crippen MR) is 57.0 cm³/mol. The largest absolute Gasteiger partial charge is 0.504 e. The number of carbonyl (C=O) groups is 1. The van der Waals surface area contributed by atoms with Crippen molar-refractivity contribution in [1.82, 2.24) is 4.98 Å². The normalized spacial score (nSPS) is 10.6. The van der Waals surface area contributed by atoms with Gasteiger partial charge in [-0.3, -0.25) is 0 Å². The molecule has 0 bridgehead atoms. The molecule has 0 amide bonds. The topological polar surface area (TPSA) is 90.7 Å². The van der Waals surface area contributed by atoms with Crippen LogP contribution in [0.2, 0.25) is 5.15 Å². The molecule has 0 fully saturated rings. The fraction of sp³-hybridized carbons (Fsp3) is 0. The highest BCUT2D eigenvalue weighted by Crippen LogP contribution is 2.31. The third-order valence-corrected chi connectivity index (χ3v) is 2.38. The Morgan fingerprint density at radius 1 is 1.19 bits per heavy atom. The molecule has 0 aliphatic rings. The van der Waals surface area contributed by atoms with Crippen LogP contribution in [0.4, 0.5) is 0 Å². The van der Waals surface area contributed by atoms with Gasteiger partial charge in [-0.1, -0.05) is 11.6 Å². The van der Waals surface area contributed by atoms with Gasteiger partial charge < -0.3 is 15.3 Å². The number of pyridine rings is 1. The maximum Gasteiger partial charge on any atom is 0.338 e. The summed E-state index contributed by atoms with van der Waals surface area (Å²) in [5, 5.41) is 27.5. The molecule has 1 aromatic heterocycles. The average Bonchev–Trinajstić information content (AvgIpc) is 2.19. The fourth-order valence-corrected chi connectivity index (χ4v) is 1.55. The summed E-state index contributed by atoms with van der Waals surface area (Å²) in [5.41, 5.74) is 0.157. The number of halogens is 1. The van der Waals surface area contributed by atoms with Gasteiger partial charge in [0, 0.05) is 11.5 Å². The summed E-state index contributed by atoms with van der Waals surface area (Å²) in [6.07, 6.45) is 0. The first-order chi connectivity index (χ1) is 7.49. The lowest BCUT2D eigenvalue weighted by atomic mass is 10.1. The van der Waals surface area contributed by atoms with Crippen molar-refractivity contribution in [3.8, 4) is 11.5 Å². The van der Waals surface area contributed by atoms with Gasteiger partial charge in [-0.2, -0.15) is 0 Å². The minimum atomic E-state index is -1.20. The van der Waals surface area contributed by atoms with Crippen molar-refractivity contribution in [1.29, 1.82) is 0 Å². The standard InChI is InChI=1S/C10H6ClNO4/c11-9-5(10(15)16)1-4-2-7(13)8(14)3-6(4)12-9/h1-3,13-14H,(H,15,16). The zero-order valence-corrected chi connectivity index (χ0v) is 8.56. The van der Waals surface area contributed by atoms with E-state index in [4.69, 9.17) is 16.7 Å². The number of phenols is 2. The Labute approximate surface area is 94.5 Å². The van der Waals surface area contributed by atoms with Crippen molar-refractivity contribution in [2.75, 3.05) is 0 Å². The van der Waals surface area contributed by atoms with Crippen LogP contribution in [0.25, 0.3) is 10.9 Å². The van der Waals surface area contributed by atoms with Crippen LogP contribution in [0.15, 0.2) is 18.2 Å². The van der Waals surface area contributed by atoms with Crippen LogP contribution in [-0.4, -0.2) is 26.3 Å². The van der Waals surface area contributed by atoms with Gasteiger partial charge in [0.15, 0.2) is 11.5 Å². The highest BCUT2D eigenvalue weighted by Gasteiger charge is 2.13. The van der Waals surface area contributed by atoms with Crippen LogP contribution >= 0.6 is 11.6 Å². The van der Waals surface area contributed by atoms with Gasteiger partial charge in [0.2, 0.25) is 0 Å². The SMILES string of the molecule is O=C(O)c1cc2cc(O)c(O)cc2nc1Cl. The van der Waals surface area contributed by atoms with E-state index in [0.717, 1.165) is 0 Å². The van der Waals surface area contributed by atoms with Crippen LogP contribution < -0.4 is 0 Å². The second-order valence-electron chi connectivity index (χ2n) is 3.17. The van der Waals surface area contributed by atoms with Crippen molar-refractivity contribution in [3.05, 3.63) is 28.9 Å². The van der Waals surface area contributed by atoms with Gasteiger partial charge in [-0.05, 0) is 12.1 Å². The Balaban J connectivity index is 2.79. The highest BCUT2D eigenvalue weighted by molar-refractivity contribution is 6.32. The Hall–Kier alpha value is -2.01. The summed E-state index contributed by atoms with van der Waals surface area (Å²) < 4.78 is 0. The van der Waals surface area contributed by atoms with Crippen molar-refractivity contribution >= 4 is 28.5 Å². The molecule has 6 heteroatoms. The zero-order valence-electron chi connectivity index (χ0n) is 7.81. The van der Waals surface area contributed by atoms with Crippen molar-refractivity contribution in [2.24, 2.45) is 0 Å². The van der Waals surface area contributed by atoms with E-state index in [0.29, 0.717) is 10.9 Å². The van der Waals surface area contributed by atoms with E-state index in [-0.39, 0.29) is 22.2 Å². The molecule has 5 nitrogen and oxygen atoms in total. The Morgan fingerprint density at radius 3 is 2.44 bits per heavy atom. The number of benzene rings is 1. The summed E-state index contributed by atoms with van der Waals surface area (Å²) in [6.45, 7) is 0. The second-order valence-corrected chi connectivity index (χ2v) is 3.52. The number of aromatic carboxylic acids is 1. The number of rotatable bonds is 1. The number of aromatic hydroxyl groups is 2. The Kier molecular flexibility index (Phi) is 2.32. The molecule has 2 rings (SSSR count). The molecule has 0 unspecified atom stereocenters. The van der Waals surface area contributed by atoms with Gasteiger partial charge >= 0.3 is 5.97 Å². The Bertz CT molecular complexity index is 597. The fourth-order valence-electron chi connectivity index (χ4n) is 1.33. The van der Waals surface area contributed by atoms with E-state index < -0.39 is 5.97 Å². The lowest BCUT2D eigenvalue weighted by Gasteiger charge is -2.04. The third kappa shape index (κ3) is 1.61. The van der Waals surface area contributed by atoms with Crippen molar-refractivity contribution in [2.45, 2.75) is 0 Å². The summed E-state index contributed by atoms with van der Waals surface area (Å²) in [7, 11) is 0. The van der Waals surface area contributed by atoms with Crippen molar-refractivity contribution in [3.63, 3.8) is 0 Å². The molecule has 1 aromatic carbocycles. The monoisotopic (exact) mass is 239 g/mol. The van der Waals surface area contributed by atoms with Gasteiger partial charge in [0.05, 0.1) is 11.1 Å². The molecule has 0 saturated carbocycles. The molecule has 0 aliphatic heterocycles. The third-order valence-electron chi connectivity index (χ3n) is 2.09. The molecule has 16 heavy (non-hydrogen) atoms. The van der Waals surface area contributed by atoms with Gasteiger partial charge in [0.1, 0.15) is 5.15 Å². The number of hydrogen-bond acceptors (Lipinski definition) is 4. The number of aromatic nitrogens is 1. The van der Waals surface area contributed by atoms with Crippen LogP contribution in [0.3, 0.4) is 0 Å². The molecule has 82 valence electrons. The van der Waals surface area contributed by atoms with Gasteiger partial charge in [-0.15, -0.1) is 0 Å². The lowest BCUT2D eigenvalue weighted by Crippen LogP contribution is -1.99. The highest BCUT2D eigenvalue weighted by atomic mass is 35.5. The van der Waals surface area contributed by atoms with Crippen LogP contribution in [0.1, 0.15) is 10.4 Å². The van der Waals surface area contributed by atoms with E-state index in [2.05, 4.69) is 4.98 Å². The molecular weight excluding hydrogens is 234 g/mol. The van der Waals surface area contributed by atoms with Gasteiger partial charge in [0.25, 0.3) is 0 Å². The maximum atomic E-state index is 10.8. The quantitative estimate of drug-likeness (QED) is 0.523. The average molecular weight is 240 g/mol. The number of carboxylic acids is 1. The number of nitrogens with zero attached hydrogens (tertiary/aromatic N) is 1. The van der Waals surface area contributed by atoms with Crippen LogP contribution in [-0.2, 0) is 0 Å². The Morgan fingerprint density at radius 2 is 1.81 bits per heavy atom. The van der Waals surface area contributed by atoms with Crippen LogP contribution in [0, 0.1) is 0 Å². The smallest absolute Gasteiger partial charge is 0.338 e. The zero-order chi connectivity index (χ0) is 11.9. The molecule has 0 aliphatic carbocycles. The number of carboxylic acid groups (broad SMARTS) is 1. The van der Waals surface area contributed by atoms with Crippen molar-refractivity contribution < 1.29 is 20.1 Å². The summed E-state index contributed by atoms with van der Waals surface area (Å²) >= 11 is 5.65. The first-order valence-corrected chi connectivity index (χ1v) is 4.62. The van der Waals surface area contributed by atoms with E-state index in [1.807, 2.05) is 0 Å². The van der Waals surface area contributed by atoms with Crippen LogP contribution in [0.5, 0.6) is 11.5 Å². The molecule has 0 radical (unpaired) electrons. The summed E-state index contributed by atoms with van der Waals surface area (Å²) in [6, 6.07) is 3.72. The molecule has 3 N–H and O–H groups in total. The van der Waals surface area contributed by atoms with E-state index in [9.17, 15) is 15.0 Å². The first-order valence-electron chi connectivity index (χ1n) is 4.24. The molecule has 0 saturated heterocycles. The minimum absolute atomic E-state index is 0.153. The molecule has 1 heterocycles. The molecule has 0 spiro atoms. The second kappa shape index (κ2) is 3.53. The number of phenolic OH excluding ortho intramolecular Hbond substituents is 2. The van der Waals surface area contributed by atoms with E-state index >= 15 is 0 Å². The van der Waals surface area contributed by atoms with E-state index in [1.54, 1.807) is 0 Å². The number of fused-ring (bicyclic) bond motifs is 1. The summed E-state index contributed by atoms with van der Waals surface area (Å²) in [5.74, 6) is -1.88. The molecule has 0 atom stereocenters. The predicted octanol–water partition coefficient (Wildman–Crippen LogP) is 2.00. The first kappa shape index (κ1) is 10.5. The van der Waals surface area contributed by atoms with Gasteiger partial charge in [-0.25, -0.2) is 9.78 Å². The molecular formula is C10H6ClNO4. The number of hydrogen-bond donors (Lipinski definition) is 3. The maximum absolute atomic E-state index is 10.8. The van der Waals surface area contributed by atoms with E-state index in [1.165, 1.54) is 18.2 Å².